The average Bonchev–Trinajstić information content (AvgIpc) is 3.59. The molecular weight excluding hydrogens is 444 g/mol. The van der Waals surface area contributed by atoms with E-state index < -0.39 is 6.03 Å². The summed E-state index contributed by atoms with van der Waals surface area (Å²) in [6.45, 7) is 3.07. The van der Waals surface area contributed by atoms with Gasteiger partial charge < -0.3 is 14.7 Å². The molecule has 11 heteroatoms. The highest BCUT2D eigenvalue weighted by Crippen LogP contribution is 2.22. The van der Waals surface area contributed by atoms with Crippen molar-refractivity contribution in [2.75, 3.05) is 32.7 Å². The maximum atomic E-state index is 13.2. The molecule has 2 aliphatic rings. The van der Waals surface area contributed by atoms with E-state index in [4.69, 9.17) is 4.52 Å². The van der Waals surface area contributed by atoms with Crippen LogP contribution in [0.4, 0.5) is 4.79 Å². The molecule has 0 unspecified atom stereocenters. The van der Waals surface area contributed by atoms with Crippen LogP contribution >= 0.6 is 11.3 Å². The standard InChI is InChI=1S/C22H22N6O4S/c29-19-12-23-22(31)28(19)13-15-4-1-2-5-16(15)21(30)27-9-7-26(8-10-27)14-18-24-20(25-32-18)17-6-3-11-33-17/h1-6,11H,7-10,12-14H2,(H,23,31). The number of amides is 4. The van der Waals surface area contributed by atoms with Crippen LogP contribution in [0.25, 0.3) is 10.7 Å². The van der Waals surface area contributed by atoms with Crippen molar-refractivity contribution in [3.8, 4) is 10.7 Å². The van der Waals surface area contributed by atoms with E-state index in [2.05, 4.69) is 20.4 Å². The van der Waals surface area contributed by atoms with Gasteiger partial charge in [0, 0.05) is 31.7 Å². The number of aromatic nitrogens is 2. The third-order valence-electron chi connectivity index (χ3n) is 5.74. The van der Waals surface area contributed by atoms with Gasteiger partial charge in [-0.05, 0) is 23.1 Å². The van der Waals surface area contributed by atoms with Crippen LogP contribution in [0.1, 0.15) is 21.8 Å². The molecule has 2 aliphatic heterocycles. The Hall–Kier alpha value is -3.57. The Morgan fingerprint density at radius 2 is 1.88 bits per heavy atom. The van der Waals surface area contributed by atoms with Gasteiger partial charge in [-0.15, -0.1) is 11.3 Å². The van der Waals surface area contributed by atoms with Crippen LogP contribution < -0.4 is 5.32 Å². The van der Waals surface area contributed by atoms with Gasteiger partial charge in [0.2, 0.25) is 17.6 Å². The SMILES string of the molecule is O=C(c1ccccc1CN1C(=O)CNC1=O)N1CCN(Cc2nc(-c3cccs3)no2)CC1. The van der Waals surface area contributed by atoms with Crippen molar-refractivity contribution in [3.05, 3.63) is 58.8 Å². The molecule has 3 aromatic rings. The minimum atomic E-state index is -0.431. The number of imide groups is 1. The zero-order valence-electron chi connectivity index (χ0n) is 17.8. The first-order valence-electron chi connectivity index (χ1n) is 10.6. The van der Waals surface area contributed by atoms with Crippen molar-refractivity contribution >= 4 is 29.2 Å². The first-order chi connectivity index (χ1) is 16.1. The van der Waals surface area contributed by atoms with Crippen molar-refractivity contribution in [2.24, 2.45) is 0 Å². The third kappa shape index (κ3) is 4.50. The summed E-state index contributed by atoms with van der Waals surface area (Å²) < 4.78 is 5.39. The molecule has 0 saturated carbocycles. The van der Waals surface area contributed by atoms with Crippen LogP contribution in [0.15, 0.2) is 46.3 Å². The molecule has 4 amide bonds. The summed E-state index contributed by atoms with van der Waals surface area (Å²) in [4.78, 5) is 47.6. The van der Waals surface area contributed by atoms with Gasteiger partial charge in [0.05, 0.1) is 24.5 Å². The van der Waals surface area contributed by atoms with Crippen LogP contribution in [-0.2, 0) is 17.9 Å². The predicted octanol–water partition coefficient (Wildman–Crippen LogP) is 1.81. The van der Waals surface area contributed by atoms with E-state index in [1.54, 1.807) is 40.5 Å². The van der Waals surface area contributed by atoms with Crippen molar-refractivity contribution in [1.82, 2.24) is 30.2 Å². The molecule has 5 rings (SSSR count). The fourth-order valence-electron chi connectivity index (χ4n) is 3.95. The lowest BCUT2D eigenvalue weighted by Gasteiger charge is -2.34. The normalized spacial score (nSPS) is 17.0. The van der Waals surface area contributed by atoms with Crippen LogP contribution in [0.5, 0.6) is 0 Å². The van der Waals surface area contributed by atoms with Crippen molar-refractivity contribution < 1.29 is 18.9 Å². The van der Waals surface area contributed by atoms with Crippen LogP contribution in [-0.4, -0.2) is 75.4 Å². The Balaban J connectivity index is 1.20. The van der Waals surface area contributed by atoms with Crippen molar-refractivity contribution in [1.29, 1.82) is 0 Å². The Labute approximate surface area is 193 Å². The average molecular weight is 467 g/mol. The fraction of sp³-hybridized carbons (Fsp3) is 0.318. The Morgan fingerprint density at radius 1 is 1.06 bits per heavy atom. The van der Waals surface area contributed by atoms with Gasteiger partial charge in [-0.3, -0.25) is 19.4 Å². The third-order valence-corrected chi connectivity index (χ3v) is 6.61. The van der Waals surface area contributed by atoms with Crippen LogP contribution in [0.2, 0.25) is 0 Å². The summed E-state index contributed by atoms with van der Waals surface area (Å²) in [6, 6.07) is 10.6. The highest BCUT2D eigenvalue weighted by molar-refractivity contribution is 7.13. The first kappa shape index (κ1) is 21.3. The molecule has 2 fully saturated rings. The van der Waals surface area contributed by atoms with E-state index in [0.717, 1.165) is 9.78 Å². The van der Waals surface area contributed by atoms with Gasteiger partial charge in [-0.1, -0.05) is 29.4 Å². The molecule has 4 heterocycles. The fourth-order valence-corrected chi connectivity index (χ4v) is 4.60. The van der Waals surface area contributed by atoms with Gasteiger partial charge in [0.15, 0.2) is 0 Å². The number of hydrogen-bond donors (Lipinski definition) is 1. The number of piperazine rings is 1. The molecule has 1 N–H and O–H groups in total. The lowest BCUT2D eigenvalue weighted by Crippen LogP contribution is -2.48. The smallest absolute Gasteiger partial charge is 0.324 e. The highest BCUT2D eigenvalue weighted by Gasteiger charge is 2.30. The number of urea groups is 1. The molecular formula is C22H22N6O4S. The molecule has 10 nitrogen and oxygen atoms in total. The zero-order valence-corrected chi connectivity index (χ0v) is 18.6. The monoisotopic (exact) mass is 466 g/mol. The van der Waals surface area contributed by atoms with Crippen molar-refractivity contribution in [2.45, 2.75) is 13.1 Å². The number of benzene rings is 1. The molecule has 0 radical (unpaired) electrons. The molecule has 0 atom stereocenters. The van der Waals surface area contributed by atoms with Gasteiger partial charge in [0.1, 0.15) is 0 Å². The van der Waals surface area contributed by atoms with E-state index in [-0.39, 0.29) is 24.9 Å². The maximum Gasteiger partial charge on any atom is 0.324 e. The number of carbonyl (C=O) groups excluding carboxylic acids is 3. The topological polar surface area (TPSA) is 112 Å². The number of thiophene rings is 1. The van der Waals surface area contributed by atoms with E-state index in [9.17, 15) is 14.4 Å². The molecule has 2 saturated heterocycles. The highest BCUT2D eigenvalue weighted by atomic mass is 32.1. The minimum absolute atomic E-state index is 0.00816. The first-order valence-corrected chi connectivity index (χ1v) is 11.5. The van der Waals surface area contributed by atoms with Crippen molar-refractivity contribution in [3.63, 3.8) is 0 Å². The number of hydrogen-bond acceptors (Lipinski definition) is 8. The number of nitrogens with zero attached hydrogens (tertiary/aromatic N) is 5. The quantitative estimate of drug-likeness (QED) is 0.552. The second-order valence-electron chi connectivity index (χ2n) is 7.85. The summed E-state index contributed by atoms with van der Waals surface area (Å²) in [5, 5.41) is 8.52. The molecule has 170 valence electrons. The van der Waals surface area contributed by atoms with Gasteiger partial charge in [-0.25, -0.2) is 4.79 Å². The number of nitrogens with one attached hydrogen (secondary N) is 1. The Kier molecular flexibility index (Phi) is 5.88. The van der Waals surface area contributed by atoms with E-state index in [1.165, 1.54) is 0 Å². The predicted molar refractivity (Wildman–Crippen MR) is 119 cm³/mol. The summed E-state index contributed by atoms with van der Waals surface area (Å²) in [5.74, 6) is 0.752. The second-order valence-corrected chi connectivity index (χ2v) is 8.80. The minimum Gasteiger partial charge on any atom is -0.338 e. The molecule has 0 spiro atoms. The molecule has 33 heavy (non-hydrogen) atoms. The van der Waals surface area contributed by atoms with Crippen LogP contribution in [0, 0.1) is 0 Å². The van der Waals surface area contributed by atoms with E-state index in [1.807, 2.05) is 17.5 Å². The second kappa shape index (κ2) is 9.12. The molecule has 0 bridgehead atoms. The Morgan fingerprint density at radius 3 is 2.61 bits per heavy atom. The van der Waals surface area contributed by atoms with E-state index >= 15 is 0 Å². The molecule has 1 aromatic carbocycles. The van der Waals surface area contributed by atoms with Gasteiger partial charge in [0.25, 0.3) is 5.91 Å². The van der Waals surface area contributed by atoms with E-state index in [0.29, 0.717) is 55.6 Å². The Bertz CT molecular complexity index is 1150. The largest absolute Gasteiger partial charge is 0.338 e. The van der Waals surface area contributed by atoms with Crippen LogP contribution in [0.3, 0.4) is 0 Å². The summed E-state index contributed by atoms with van der Waals surface area (Å²) >= 11 is 1.56. The van der Waals surface area contributed by atoms with Gasteiger partial charge >= 0.3 is 6.03 Å². The summed E-state index contributed by atoms with van der Waals surface area (Å²) in [6.07, 6.45) is 0. The summed E-state index contributed by atoms with van der Waals surface area (Å²) in [7, 11) is 0. The molecule has 2 aromatic heterocycles. The number of rotatable bonds is 6. The van der Waals surface area contributed by atoms with Gasteiger partial charge in [-0.2, -0.15) is 4.98 Å². The lowest BCUT2D eigenvalue weighted by molar-refractivity contribution is -0.125. The number of carbonyl (C=O) groups is 3. The lowest BCUT2D eigenvalue weighted by atomic mass is 10.1. The summed E-state index contributed by atoms with van der Waals surface area (Å²) in [5.41, 5.74) is 1.17. The zero-order chi connectivity index (χ0) is 22.8. The maximum absolute atomic E-state index is 13.2. The molecule has 0 aliphatic carbocycles.